The number of benzene rings is 1. The number of ether oxygens (including phenoxy) is 1. The predicted octanol–water partition coefficient (Wildman–Crippen LogP) is 3.47. The van der Waals surface area contributed by atoms with Gasteiger partial charge in [0, 0.05) is 12.3 Å². The summed E-state index contributed by atoms with van der Waals surface area (Å²) in [6, 6.07) is 9.51. The second-order valence-electron chi connectivity index (χ2n) is 5.23. The average molecular weight is 274 g/mol. The molecule has 0 radical (unpaired) electrons. The van der Waals surface area contributed by atoms with Crippen molar-refractivity contribution in [1.29, 1.82) is 0 Å². The van der Waals surface area contributed by atoms with Crippen molar-refractivity contribution < 1.29 is 13.9 Å². The maximum Gasteiger partial charge on any atom is 0.309 e. The molecule has 2 rings (SSSR count). The summed E-state index contributed by atoms with van der Waals surface area (Å²) in [6.45, 7) is 2.12. The summed E-state index contributed by atoms with van der Waals surface area (Å²) in [5.41, 5.74) is -0.675. The zero-order valence-electron chi connectivity index (χ0n) is 11.6. The maximum absolute atomic E-state index is 14.5. The fourth-order valence-corrected chi connectivity index (χ4v) is 2.89. The minimum absolute atomic E-state index is 0.178. The van der Waals surface area contributed by atoms with Gasteiger partial charge in [-0.25, -0.2) is 4.39 Å². The van der Waals surface area contributed by atoms with Crippen LogP contribution in [-0.2, 0) is 9.53 Å². The Hall–Kier alpha value is -1.82. The highest BCUT2D eigenvalue weighted by Crippen LogP contribution is 2.44. The molecule has 106 valence electrons. The Balaban J connectivity index is 2.28. The zero-order chi connectivity index (χ0) is 14.6. The molecule has 0 amide bonds. The molecule has 1 aromatic carbocycles. The number of alkyl halides is 1. The molecule has 3 heteroatoms. The zero-order valence-corrected chi connectivity index (χ0v) is 11.6. The molecule has 2 nitrogen and oxygen atoms in total. The molecule has 0 bridgehead atoms. The summed E-state index contributed by atoms with van der Waals surface area (Å²) in [4.78, 5) is 12.1. The topological polar surface area (TPSA) is 26.3 Å². The van der Waals surface area contributed by atoms with E-state index in [2.05, 4.69) is 5.92 Å². The highest BCUT2D eigenvalue weighted by molar-refractivity contribution is 5.74. The molecule has 0 spiro atoms. The van der Waals surface area contributed by atoms with Gasteiger partial charge in [0.15, 0.2) is 5.67 Å². The molecule has 3 atom stereocenters. The third-order valence-corrected chi connectivity index (χ3v) is 3.96. The van der Waals surface area contributed by atoms with Crippen molar-refractivity contribution in [3.8, 4) is 12.3 Å². The van der Waals surface area contributed by atoms with Gasteiger partial charge < -0.3 is 4.74 Å². The fourth-order valence-electron chi connectivity index (χ4n) is 2.89. The molecule has 1 unspecified atom stereocenters. The van der Waals surface area contributed by atoms with Crippen LogP contribution in [0.5, 0.6) is 0 Å². The lowest BCUT2D eigenvalue weighted by atomic mass is 9.70. The molecular weight excluding hydrogens is 255 g/mol. The number of hydrogen-bond donors (Lipinski definition) is 0. The number of halogens is 1. The van der Waals surface area contributed by atoms with E-state index in [0.717, 1.165) is 5.56 Å². The number of carbonyl (C=O) groups is 1. The summed E-state index contributed by atoms with van der Waals surface area (Å²) in [5.74, 6) is 1.47. The van der Waals surface area contributed by atoms with E-state index in [0.29, 0.717) is 13.0 Å². The van der Waals surface area contributed by atoms with Gasteiger partial charge in [0.2, 0.25) is 0 Å². The van der Waals surface area contributed by atoms with E-state index in [1.54, 1.807) is 6.92 Å². The van der Waals surface area contributed by atoms with Crippen LogP contribution in [0.15, 0.2) is 30.3 Å². The van der Waals surface area contributed by atoms with Crippen molar-refractivity contribution in [2.75, 3.05) is 6.61 Å². The number of esters is 1. The summed E-state index contributed by atoms with van der Waals surface area (Å²) in [6.07, 6.45) is 6.14. The van der Waals surface area contributed by atoms with E-state index >= 15 is 0 Å². The first-order valence-electron chi connectivity index (χ1n) is 6.98. The van der Waals surface area contributed by atoms with E-state index in [1.807, 2.05) is 30.3 Å². The minimum atomic E-state index is -1.62. The van der Waals surface area contributed by atoms with Crippen molar-refractivity contribution in [3.63, 3.8) is 0 Å². The van der Waals surface area contributed by atoms with Crippen LogP contribution in [0, 0.1) is 18.3 Å². The monoisotopic (exact) mass is 274 g/mol. The molecule has 0 aromatic heterocycles. The van der Waals surface area contributed by atoms with Gasteiger partial charge in [-0.2, -0.15) is 0 Å². The summed E-state index contributed by atoms with van der Waals surface area (Å²) >= 11 is 0. The Kier molecular flexibility index (Phi) is 4.44. The molecule has 0 aliphatic heterocycles. The SMILES string of the molecule is C#CC1(F)CC[C@@H](C(=O)OCC)[C@H](c2ccccc2)C1. The number of carbonyl (C=O) groups excluding carboxylic acids is 1. The molecule has 1 saturated carbocycles. The Bertz CT molecular complexity index is 505. The second-order valence-corrected chi connectivity index (χ2v) is 5.23. The van der Waals surface area contributed by atoms with Crippen LogP contribution in [0.4, 0.5) is 4.39 Å². The smallest absolute Gasteiger partial charge is 0.309 e. The van der Waals surface area contributed by atoms with Gasteiger partial charge in [-0.05, 0) is 25.3 Å². The van der Waals surface area contributed by atoms with Gasteiger partial charge in [0.1, 0.15) is 0 Å². The van der Waals surface area contributed by atoms with E-state index < -0.39 is 5.67 Å². The standard InChI is InChI=1S/C17H19FO2/c1-3-17(18)11-10-14(16(19)20-4-2)15(12-17)13-8-6-5-7-9-13/h1,5-9,14-15H,4,10-12H2,2H3/t14-,15+,17?/m1/s1. The Labute approximate surface area is 119 Å². The highest BCUT2D eigenvalue weighted by Gasteiger charge is 2.44. The van der Waals surface area contributed by atoms with Gasteiger partial charge >= 0.3 is 5.97 Å². The number of terminal acetylenes is 1. The molecule has 1 fully saturated rings. The van der Waals surface area contributed by atoms with Gasteiger partial charge in [0.05, 0.1) is 12.5 Å². The number of hydrogen-bond acceptors (Lipinski definition) is 2. The van der Waals surface area contributed by atoms with Gasteiger partial charge in [-0.15, -0.1) is 6.42 Å². The summed E-state index contributed by atoms with van der Waals surface area (Å²) in [7, 11) is 0. The van der Waals surface area contributed by atoms with Crippen molar-refractivity contribution >= 4 is 5.97 Å². The first-order valence-corrected chi connectivity index (χ1v) is 6.98. The van der Waals surface area contributed by atoms with E-state index in [-0.39, 0.29) is 30.6 Å². The Morgan fingerprint density at radius 3 is 2.80 bits per heavy atom. The Morgan fingerprint density at radius 1 is 1.50 bits per heavy atom. The second kappa shape index (κ2) is 6.09. The van der Waals surface area contributed by atoms with Crippen LogP contribution in [0.1, 0.15) is 37.7 Å². The molecule has 0 heterocycles. The molecule has 0 saturated heterocycles. The molecule has 0 N–H and O–H groups in total. The van der Waals surface area contributed by atoms with Crippen molar-refractivity contribution in [1.82, 2.24) is 0 Å². The largest absolute Gasteiger partial charge is 0.466 e. The normalized spacial score (nSPS) is 29.4. The van der Waals surface area contributed by atoms with Crippen molar-refractivity contribution in [2.24, 2.45) is 5.92 Å². The van der Waals surface area contributed by atoms with Crippen molar-refractivity contribution in [2.45, 2.75) is 37.8 Å². The lowest BCUT2D eigenvalue weighted by Crippen LogP contribution is -2.37. The van der Waals surface area contributed by atoms with Gasteiger partial charge in [-0.3, -0.25) is 4.79 Å². The molecule has 20 heavy (non-hydrogen) atoms. The third-order valence-electron chi connectivity index (χ3n) is 3.96. The highest BCUT2D eigenvalue weighted by atomic mass is 19.1. The number of rotatable bonds is 3. The van der Waals surface area contributed by atoms with Gasteiger partial charge in [-0.1, -0.05) is 36.3 Å². The van der Waals surface area contributed by atoms with Crippen LogP contribution >= 0.6 is 0 Å². The lowest BCUT2D eigenvalue weighted by molar-refractivity contribution is -0.150. The lowest BCUT2D eigenvalue weighted by Gasteiger charge is -2.36. The van der Waals surface area contributed by atoms with E-state index in [4.69, 9.17) is 11.2 Å². The van der Waals surface area contributed by atoms with Crippen LogP contribution in [0.3, 0.4) is 0 Å². The van der Waals surface area contributed by atoms with E-state index in [9.17, 15) is 9.18 Å². The maximum atomic E-state index is 14.5. The Morgan fingerprint density at radius 2 is 2.20 bits per heavy atom. The van der Waals surface area contributed by atoms with Crippen LogP contribution in [0.25, 0.3) is 0 Å². The molecule has 1 aliphatic rings. The van der Waals surface area contributed by atoms with Crippen LogP contribution in [0.2, 0.25) is 0 Å². The first-order chi connectivity index (χ1) is 9.59. The average Bonchev–Trinajstić information content (AvgIpc) is 2.48. The molecular formula is C17H19FO2. The fraction of sp³-hybridized carbons (Fsp3) is 0.471. The summed E-state index contributed by atoms with van der Waals surface area (Å²) in [5, 5.41) is 0. The minimum Gasteiger partial charge on any atom is -0.466 e. The van der Waals surface area contributed by atoms with Crippen LogP contribution < -0.4 is 0 Å². The van der Waals surface area contributed by atoms with Crippen LogP contribution in [-0.4, -0.2) is 18.2 Å². The third kappa shape index (κ3) is 3.01. The van der Waals surface area contributed by atoms with Gasteiger partial charge in [0.25, 0.3) is 0 Å². The predicted molar refractivity (Wildman–Crippen MR) is 75.8 cm³/mol. The van der Waals surface area contributed by atoms with E-state index in [1.165, 1.54) is 0 Å². The van der Waals surface area contributed by atoms with Crippen molar-refractivity contribution in [3.05, 3.63) is 35.9 Å². The molecule has 1 aliphatic carbocycles. The first kappa shape index (κ1) is 14.6. The summed E-state index contributed by atoms with van der Waals surface area (Å²) < 4.78 is 19.6. The quantitative estimate of drug-likeness (QED) is 0.623. The molecule has 1 aromatic rings.